The van der Waals surface area contributed by atoms with Gasteiger partial charge < -0.3 is 10.2 Å². The maximum Gasteiger partial charge on any atom is 0.236 e. The minimum absolute atomic E-state index is 0. The molecule has 2 rings (SSSR count). The molecule has 0 aliphatic carbocycles. The molecule has 0 atom stereocenters. The Kier molecular flexibility index (Phi) is 7.43. The zero-order valence-electron chi connectivity index (χ0n) is 12.1. The van der Waals surface area contributed by atoms with Crippen LogP contribution in [0, 0.1) is 6.92 Å². The number of nitrogens with one attached hydrogen (secondary N) is 1. The molecule has 7 heteroatoms. The molecule has 114 valence electrons. The van der Waals surface area contributed by atoms with Gasteiger partial charge in [-0.2, -0.15) is 0 Å². The quantitative estimate of drug-likeness (QED) is 0.904. The highest BCUT2D eigenvalue weighted by Crippen LogP contribution is 2.12. The third-order valence-corrected chi connectivity index (χ3v) is 4.14. The number of amides is 1. The largest absolute Gasteiger partial charge is 0.340 e. The van der Waals surface area contributed by atoms with Crippen LogP contribution in [0.3, 0.4) is 0 Å². The number of nitrogens with zero attached hydrogens (tertiary/aromatic N) is 3. The number of likely N-dealkylation sites (N-methyl/N-ethyl adjacent to an activating group) is 1. The molecule has 1 saturated heterocycles. The molecule has 1 aliphatic heterocycles. The lowest BCUT2D eigenvalue weighted by molar-refractivity contribution is -0.130. The standard InChI is InChI=1S/C13H22N4OS.ClH/c1-11-15-12(10-19-11)9-16-4-3-5-17(7-6-16)13(18)8-14-2;/h10,14H,3-9H2,1-2H3;1H. The number of aromatic nitrogens is 1. The van der Waals surface area contributed by atoms with Crippen LogP contribution in [0.25, 0.3) is 0 Å². The molecule has 0 radical (unpaired) electrons. The first-order valence-electron chi connectivity index (χ1n) is 6.75. The van der Waals surface area contributed by atoms with Crippen molar-refractivity contribution in [3.8, 4) is 0 Å². The predicted molar refractivity (Wildman–Crippen MR) is 84.5 cm³/mol. The summed E-state index contributed by atoms with van der Waals surface area (Å²) in [6.07, 6.45) is 1.04. The van der Waals surface area contributed by atoms with Crippen LogP contribution in [0.15, 0.2) is 5.38 Å². The van der Waals surface area contributed by atoms with Gasteiger partial charge >= 0.3 is 0 Å². The lowest BCUT2D eigenvalue weighted by atomic mass is 10.3. The summed E-state index contributed by atoms with van der Waals surface area (Å²) >= 11 is 1.70. The van der Waals surface area contributed by atoms with Gasteiger partial charge in [0, 0.05) is 38.1 Å². The van der Waals surface area contributed by atoms with Crippen molar-refractivity contribution in [1.29, 1.82) is 0 Å². The molecule has 0 bridgehead atoms. The Morgan fingerprint density at radius 2 is 2.20 bits per heavy atom. The molecule has 0 aromatic carbocycles. The number of carbonyl (C=O) groups excluding carboxylic acids is 1. The summed E-state index contributed by atoms with van der Waals surface area (Å²) in [6, 6.07) is 0. The number of carbonyl (C=O) groups is 1. The van der Waals surface area contributed by atoms with Crippen LogP contribution in [-0.2, 0) is 11.3 Å². The highest BCUT2D eigenvalue weighted by atomic mass is 35.5. The van der Waals surface area contributed by atoms with E-state index in [1.54, 1.807) is 11.3 Å². The van der Waals surface area contributed by atoms with E-state index in [1.165, 1.54) is 0 Å². The zero-order valence-corrected chi connectivity index (χ0v) is 13.7. The normalized spacial score (nSPS) is 16.6. The Morgan fingerprint density at radius 1 is 1.40 bits per heavy atom. The first-order chi connectivity index (χ1) is 9.19. The van der Waals surface area contributed by atoms with Crippen molar-refractivity contribution in [2.75, 3.05) is 39.8 Å². The average Bonchev–Trinajstić information content (AvgIpc) is 2.64. The molecule has 1 aromatic rings. The molecule has 2 heterocycles. The molecule has 5 nitrogen and oxygen atoms in total. The van der Waals surface area contributed by atoms with Crippen LogP contribution in [0.1, 0.15) is 17.1 Å². The molecule has 20 heavy (non-hydrogen) atoms. The highest BCUT2D eigenvalue weighted by molar-refractivity contribution is 7.09. The Morgan fingerprint density at radius 3 is 2.85 bits per heavy atom. The SMILES string of the molecule is CNCC(=O)N1CCCN(Cc2csc(C)n2)CC1.Cl. The van der Waals surface area contributed by atoms with Crippen LogP contribution >= 0.6 is 23.7 Å². The summed E-state index contributed by atoms with van der Waals surface area (Å²) in [7, 11) is 1.81. The first kappa shape index (κ1) is 17.4. The molecule has 1 aromatic heterocycles. The van der Waals surface area contributed by atoms with Gasteiger partial charge in [0.25, 0.3) is 0 Å². The monoisotopic (exact) mass is 318 g/mol. The van der Waals surface area contributed by atoms with E-state index in [4.69, 9.17) is 0 Å². The van der Waals surface area contributed by atoms with Gasteiger partial charge in [-0.25, -0.2) is 4.98 Å². The lowest BCUT2D eigenvalue weighted by Gasteiger charge is -2.21. The Bertz CT molecular complexity index is 426. The molecule has 1 amide bonds. The smallest absolute Gasteiger partial charge is 0.236 e. The van der Waals surface area contributed by atoms with Crippen molar-refractivity contribution >= 4 is 29.7 Å². The van der Waals surface area contributed by atoms with Gasteiger partial charge in [0.1, 0.15) is 0 Å². The van der Waals surface area contributed by atoms with Crippen molar-refractivity contribution in [1.82, 2.24) is 20.1 Å². The maximum absolute atomic E-state index is 11.9. The number of rotatable bonds is 4. The minimum atomic E-state index is 0. The Labute approximate surface area is 130 Å². The molecule has 0 unspecified atom stereocenters. The maximum atomic E-state index is 11.9. The second-order valence-corrected chi connectivity index (χ2v) is 5.96. The van der Waals surface area contributed by atoms with Crippen LogP contribution in [0.4, 0.5) is 0 Å². The van der Waals surface area contributed by atoms with Gasteiger partial charge in [-0.15, -0.1) is 23.7 Å². The summed E-state index contributed by atoms with van der Waals surface area (Å²) in [5, 5.41) is 6.18. The van der Waals surface area contributed by atoms with Crippen LogP contribution in [-0.4, -0.2) is 60.5 Å². The lowest BCUT2D eigenvalue weighted by Crippen LogP contribution is -2.39. The Hall–Kier alpha value is -0.690. The van der Waals surface area contributed by atoms with E-state index in [0.29, 0.717) is 6.54 Å². The molecule has 0 spiro atoms. The van der Waals surface area contributed by atoms with Crippen molar-refractivity contribution < 1.29 is 4.79 Å². The van der Waals surface area contributed by atoms with Gasteiger partial charge in [0.05, 0.1) is 17.2 Å². The van der Waals surface area contributed by atoms with Crippen LogP contribution in [0.5, 0.6) is 0 Å². The van der Waals surface area contributed by atoms with Crippen molar-refractivity contribution in [3.63, 3.8) is 0 Å². The van der Waals surface area contributed by atoms with Gasteiger partial charge in [-0.05, 0) is 20.4 Å². The van der Waals surface area contributed by atoms with E-state index >= 15 is 0 Å². The number of halogens is 1. The van der Waals surface area contributed by atoms with E-state index in [-0.39, 0.29) is 18.3 Å². The summed E-state index contributed by atoms with van der Waals surface area (Å²) in [5.41, 5.74) is 1.15. The second kappa shape index (κ2) is 8.56. The average molecular weight is 319 g/mol. The molecule has 1 fully saturated rings. The van der Waals surface area contributed by atoms with Gasteiger partial charge in [-0.3, -0.25) is 9.69 Å². The second-order valence-electron chi connectivity index (χ2n) is 4.90. The van der Waals surface area contributed by atoms with Gasteiger partial charge in [0.15, 0.2) is 0 Å². The summed E-state index contributed by atoms with van der Waals surface area (Å²) in [5.74, 6) is 0.203. The highest BCUT2D eigenvalue weighted by Gasteiger charge is 2.18. The number of aryl methyl sites for hydroxylation is 1. The van der Waals surface area contributed by atoms with Gasteiger partial charge in [-0.1, -0.05) is 0 Å². The molecule has 0 saturated carbocycles. The van der Waals surface area contributed by atoms with Crippen molar-refractivity contribution in [2.24, 2.45) is 0 Å². The number of hydrogen-bond donors (Lipinski definition) is 1. The van der Waals surface area contributed by atoms with Gasteiger partial charge in [0.2, 0.25) is 5.91 Å². The molecular weight excluding hydrogens is 296 g/mol. The summed E-state index contributed by atoms with van der Waals surface area (Å²) < 4.78 is 0. The van der Waals surface area contributed by atoms with E-state index in [1.807, 2.05) is 18.9 Å². The number of hydrogen-bond acceptors (Lipinski definition) is 5. The third-order valence-electron chi connectivity index (χ3n) is 3.32. The van der Waals surface area contributed by atoms with Crippen LogP contribution in [0.2, 0.25) is 0 Å². The number of thiazole rings is 1. The predicted octanol–water partition coefficient (Wildman–Crippen LogP) is 1.13. The van der Waals surface area contributed by atoms with E-state index in [2.05, 4.69) is 20.6 Å². The minimum Gasteiger partial charge on any atom is -0.340 e. The topological polar surface area (TPSA) is 48.5 Å². The van der Waals surface area contributed by atoms with E-state index in [9.17, 15) is 4.79 Å². The summed E-state index contributed by atoms with van der Waals surface area (Å²) in [6.45, 7) is 7.04. The fourth-order valence-electron chi connectivity index (χ4n) is 2.35. The fraction of sp³-hybridized carbons (Fsp3) is 0.692. The summed E-state index contributed by atoms with van der Waals surface area (Å²) in [4.78, 5) is 20.7. The third kappa shape index (κ3) is 5.01. The van der Waals surface area contributed by atoms with E-state index in [0.717, 1.165) is 49.8 Å². The molecule has 1 aliphatic rings. The van der Waals surface area contributed by atoms with Crippen molar-refractivity contribution in [2.45, 2.75) is 19.9 Å². The Balaban J connectivity index is 0.00000200. The molecular formula is C13H23ClN4OS. The first-order valence-corrected chi connectivity index (χ1v) is 7.62. The van der Waals surface area contributed by atoms with Crippen molar-refractivity contribution in [3.05, 3.63) is 16.1 Å². The zero-order chi connectivity index (χ0) is 13.7. The molecule has 1 N–H and O–H groups in total. The van der Waals surface area contributed by atoms with E-state index < -0.39 is 0 Å². The fourth-order valence-corrected chi connectivity index (χ4v) is 2.96. The van der Waals surface area contributed by atoms with Crippen LogP contribution < -0.4 is 5.32 Å².